The molecule has 1 unspecified atom stereocenters. The maximum Gasteiger partial charge on any atom is 0.156 e. The summed E-state index contributed by atoms with van der Waals surface area (Å²) in [5, 5.41) is 3.33. The van der Waals surface area contributed by atoms with Crippen LogP contribution in [0.2, 0.25) is 5.15 Å². The second-order valence-electron chi connectivity index (χ2n) is 3.65. The number of carbonyl (C=O) groups is 1. The number of ether oxygens (including phenoxy) is 1. The van der Waals surface area contributed by atoms with Gasteiger partial charge in [0.25, 0.3) is 0 Å². The minimum atomic E-state index is 0.184. The zero-order valence-corrected chi connectivity index (χ0v) is 9.62. The third-order valence-corrected chi connectivity index (χ3v) is 2.69. The van der Waals surface area contributed by atoms with E-state index in [9.17, 15) is 4.79 Å². The highest BCUT2D eigenvalue weighted by Crippen LogP contribution is 2.21. The van der Waals surface area contributed by atoms with Crippen molar-refractivity contribution in [3.63, 3.8) is 0 Å². The summed E-state index contributed by atoms with van der Waals surface area (Å²) in [6, 6.07) is 0.184. The van der Waals surface area contributed by atoms with Crippen molar-refractivity contribution in [3.05, 3.63) is 16.5 Å². The number of hydrogen-bond donors (Lipinski definition) is 1. The van der Waals surface area contributed by atoms with Crippen LogP contribution in [0, 0.1) is 6.92 Å². The van der Waals surface area contributed by atoms with Crippen LogP contribution in [-0.2, 0) is 4.74 Å². The molecule has 0 aliphatic carbocycles. The third-order valence-electron chi connectivity index (χ3n) is 2.40. The Balaban J connectivity index is 2.26. The molecular formula is C10H12ClN3O2. The van der Waals surface area contributed by atoms with Crippen molar-refractivity contribution < 1.29 is 9.53 Å². The first-order valence-electron chi connectivity index (χ1n) is 5.04. The van der Waals surface area contributed by atoms with Crippen LogP contribution in [0.15, 0.2) is 0 Å². The fourth-order valence-electron chi connectivity index (χ4n) is 1.60. The van der Waals surface area contributed by atoms with Gasteiger partial charge in [-0.2, -0.15) is 0 Å². The smallest absolute Gasteiger partial charge is 0.156 e. The van der Waals surface area contributed by atoms with Crippen LogP contribution < -0.4 is 5.32 Å². The van der Waals surface area contributed by atoms with Crippen LogP contribution in [-0.4, -0.2) is 35.5 Å². The van der Waals surface area contributed by atoms with Gasteiger partial charge in [0.2, 0.25) is 0 Å². The largest absolute Gasteiger partial charge is 0.379 e. The molecule has 2 rings (SSSR count). The standard InChI is InChI=1S/C10H12ClN3O2/c1-6-12-9(11)8(4-15)10(13-6)14-7-2-3-16-5-7/h4,7H,2-3,5H2,1H3,(H,12,13,14). The van der Waals surface area contributed by atoms with Crippen molar-refractivity contribution in [3.8, 4) is 0 Å². The Kier molecular flexibility index (Phi) is 3.36. The summed E-state index contributed by atoms with van der Waals surface area (Å²) >= 11 is 5.87. The maximum absolute atomic E-state index is 10.9. The highest BCUT2D eigenvalue weighted by atomic mass is 35.5. The normalized spacial score (nSPS) is 19.8. The van der Waals surface area contributed by atoms with E-state index in [1.165, 1.54) is 0 Å². The van der Waals surface area contributed by atoms with Gasteiger partial charge in [-0.3, -0.25) is 4.79 Å². The van der Waals surface area contributed by atoms with Gasteiger partial charge in [0.15, 0.2) is 6.29 Å². The van der Waals surface area contributed by atoms with E-state index in [0.29, 0.717) is 30.1 Å². The van der Waals surface area contributed by atoms with Gasteiger partial charge < -0.3 is 10.1 Å². The summed E-state index contributed by atoms with van der Waals surface area (Å²) in [6.45, 7) is 3.08. The van der Waals surface area contributed by atoms with Crippen LogP contribution in [0.5, 0.6) is 0 Å². The van der Waals surface area contributed by atoms with Crippen molar-refractivity contribution in [1.29, 1.82) is 0 Å². The Labute approximate surface area is 98.2 Å². The van der Waals surface area contributed by atoms with Crippen LogP contribution >= 0.6 is 11.6 Å². The molecular weight excluding hydrogens is 230 g/mol. The van der Waals surface area contributed by atoms with E-state index in [2.05, 4.69) is 15.3 Å². The summed E-state index contributed by atoms with van der Waals surface area (Å²) in [7, 11) is 0. The minimum absolute atomic E-state index is 0.184. The molecule has 2 heterocycles. The molecule has 0 saturated carbocycles. The topological polar surface area (TPSA) is 64.1 Å². The molecule has 1 aliphatic rings. The molecule has 0 aromatic carbocycles. The Bertz CT molecular complexity index is 405. The number of aromatic nitrogens is 2. The zero-order chi connectivity index (χ0) is 11.5. The van der Waals surface area contributed by atoms with Gasteiger partial charge >= 0.3 is 0 Å². The molecule has 0 radical (unpaired) electrons. The summed E-state index contributed by atoms with van der Waals surface area (Å²) in [6.07, 6.45) is 1.57. The number of hydrogen-bond acceptors (Lipinski definition) is 5. The predicted molar refractivity (Wildman–Crippen MR) is 60.0 cm³/mol. The van der Waals surface area contributed by atoms with Crippen LogP contribution in [0.25, 0.3) is 0 Å². The Morgan fingerprint density at radius 1 is 1.56 bits per heavy atom. The number of anilines is 1. The average Bonchev–Trinajstić information content (AvgIpc) is 2.70. The molecule has 1 aliphatic heterocycles. The number of rotatable bonds is 3. The van der Waals surface area contributed by atoms with E-state index >= 15 is 0 Å². The van der Waals surface area contributed by atoms with Crippen LogP contribution in [0.1, 0.15) is 22.6 Å². The Morgan fingerprint density at radius 3 is 3.00 bits per heavy atom. The minimum Gasteiger partial charge on any atom is -0.379 e. The highest BCUT2D eigenvalue weighted by molar-refractivity contribution is 6.32. The Hall–Kier alpha value is -1.20. The molecule has 1 aromatic heterocycles. The number of carbonyl (C=O) groups excluding carboxylic acids is 1. The van der Waals surface area contributed by atoms with E-state index in [-0.39, 0.29) is 11.2 Å². The van der Waals surface area contributed by atoms with Gasteiger partial charge in [0, 0.05) is 6.61 Å². The van der Waals surface area contributed by atoms with Crippen molar-refractivity contribution in [1.82, 2.24) is 9.97 Å². The van der Waals surface area contributed by atoms with Crippen LogP contribution in [0.4, 0.5) is 5.82 Å². The summed E-state index contributed by atoms with van der Waals surface area (Å²) in [5.41, 5.74) is 0.305. The first-order valence-corrected chi connectivity index (χ1v) is 5.42. The first-order chi connectivity index (χ1) is 7.70. The Morgan fingerprint density at radius 2 is 2.38 bits per heavy atom. The van der Waals surface area contributed by atoms with Crippen molar-refractivity contribution in [2.75, 3.05) is 18.5 Å². The molecule has 1 N–H and O–H groups in total. The quantitative estimate of drug-likeness (QED) is 0.641. The molecule has 86 valence electrons. The fourth-order valence-corrected chi connectivity index (χ4v) is 1.86. The summed E-state index contributed by atoms with van der Waals surface area (Å²) in [5.74, 6) is 1.03. The SMILES string of the molecule is Cc1nc(Cl)c(C=O)c(NC2CCOC2)n1. The molecule has 5 nitrogen and oxygen atoms in total. The zero-order valence-electron chi connectivity index (χ0n) is 8.86. The number of halogens is 1. The first kappa shape index (κ1) is 11.3. The molecule has 1 atom stereocenters. The lowest BCUT2D eigenvalue weighted by molar-refractivity contribution is 0.112. The van der Waals surface area contributed by atoms with Crippen LogP contribution in [0.3, 0.4) is 0 Å². The van der Waals surface area contributed by atoms with E-state index in [1.807, 2.05) is 0 Å². The van der Waals surface area contributed by atoms with Gasteiger partial charge in [-0.25, -0.2) is 9.97 Å². The monoisotopic (exact) mass is 241 g/mol. The number of aldehydes is 1. The van der Waals surface area contributed by atoms with Crippen molar-refractivity contribution >= 4 is 23.7 Å². The highest BCUT2D eigenvalue weighted by Gasteiger charge is 2.19. The van der Waals surface area contributed by atoms with Gasteiger partial charge in [0.05, 0.1) is 18.2 Å². The molecule has 0 bridgehead atoms. The van der Waals surface area contributed by atoms with E-state index in [0.717, 1.165) is 13.0 Å². The summed E-state index contributed by atoms with van der Waals surface area (Å²) < 4.78 is 5.24. The third kappa shape index (κ3) is 2.31. The summed E-state index contributed by atoms with van der Waals surface area (Å²) in [4.78, 5) is 19.0. The predicted octanol–water partition coefficient (Wildman–Crippen LogP) is 1.45. The second-order valence-corrected chi connectivity index (χ2v) is 4.00. The van der Waals surface area contributed by atoms with E-state index in [1.54, 1.807) is 6.92 Å². The number of aryl methyl sites for hydroxylation is 1. The van der Waals surface area contributed by atoms with Crippen molar-refractivity contribution in [2.45, 2.75) is 19.4 Å². The maximum atomic E-state index is 10.9. The lowest BCUT2D eigenvalue weighted by atomic mass is 10.2. The fraction of sp³-hybridized carbons (Fsp3) is 0.500. The molecule has 1 fully saturated rings. The average molecular weight is 242 g/mol. The number of nitrogens with one attached hydrogen (secondary N) is 1. The van der Waals surface area contributed by atoms with Gasteiger partial charge in [-0.1, -0.05) is 11.6 Å². The lowest BCUT2D eigenvalue weighted by Gasteiger charge is -2.13. The molecule has 0 spiro atoms. The van der Waals surface area contributed by atoms with Gasteiger partial charge in [-0.05, 0) is 13.3 Å². The second kappa shape index (κ2) is 4.76. The number of nitrogens with zero attached hydrogens (tertiary/aromatic N) is 2. The van der Waals surface area contributed by atoms with Gasteiger partial charge in [0.1, 0.15) is 16.8 Å². The molecule has 0 amide bonds. The molecule has 16 heavy (non-hydrogen) atoms. The molecule has 1 aromatic rings. The molecule has 6 heteroatoms. The lowest BCUT2D eigenvalue weighted by Crippen LogP contribution is -2.21. The van der Waals surface area contributed by atoms with Gasteiger partial charge in [-0.15, -0.1) is 0 Å². The van der Waals surface area contributed by atoms with E-state index in [4.69, 9.17) is 16.3 Å². The van der Waals surface area contributed by atoms with E-state index < -0.39 is 0 Å². The van der Waals surface area contributed by atoms with Crippen molar-refractivity contribution in [2.24, 2.45) is 0 Å². The molecule has 1 saturated heterocycles.